The van der Waals surface area contributed by atoms with Gasteiger partial charge in [0.05, 0.1) is 12.2 Å². The van der Waals surface area contributed by atoms with E-state index < -0.39 is 0 Å². The van der Waals surface area contributed by atoms with Crippen LogP contribution in [0.15, 0.2) is 18.2 Å². The Kier molecular flexibility index (Phi) is 4.55. The van der Waals surface area contributed by atoms with Crippen molar-refractivity contribution in [1.29, 1.82) is 0 Å². The number of hydrogen-bond donors (Lipinski definition) is 1. The lowest BCUT2D eigenvalue weighted by atomic mass is 10.1. The summed E-state index contributed by atoms with van der Waals surface area (Å²) in [5, 5.41) is 4.65. The first-order valence-electron chi connectivity index (χ1n) is 7.13. The summed E-state index contributed by atoms with van der Waals surface area (Å²) in [7, 11) is 0. The Morgan fingerprint density at radius 1 is 1.25 bits per heavy atom. The molecule has 108 valence electrons. The van der Waals surface area contributed by atoms with Gasteiger partial charge in [0.2, 0.25) is 0 Å². The van der Waals surface area contributed by atoms with Gasteiger partial charge >= 0.3 is 0 Å². The van der Waals surface area contributed by atoms with Gasteiger partial charge in [-0.2, -0.15) is 5.10 Å². The number of nitrogens with two attached hydrogens (primary N) is 1. The lowest BCUT2D eigenvalue weighted by Gasteiger charge is -2.10. The molecule has 0 bridgehead atoms. The van der Waals surface area contributed by atoms with Gasteiger partial charge in [0.1, 0.15) is 5.82 Å². The second kappa shape index (κ2) is 6.18. The number of hydrogen-bond acceptors (Lipinski definition) is 2. The third-order valence-corrected chi connectivity index (χ3v) is 3.75. The zero-order chi connectivity index (χ0) is 14.7. The molecule has 4 heteroatoms. The standard InChI is InChI=1S/C16H22FN3/c1-4-15-14(9-18)16(5-2)20(19-15)10-12-8-13(17)7-6-11(12)3/h6-8H,4-5,9-10,18H2,1-3H3. The Hall–Kier alpha value is -1.68. The molecular weight excluding hydrogens is 253 g/mol. The van der Waals surface area contributed by atoms with E-state index in [1.165, 1.54) is 6.07 Å². The molecule has 0 aliphatic rings. The molecule has 2 N–H and O–H groups in total. The predicted octanol–water partition coefficient (Wildman–Crippen LogP) is 2.96. The monoisotopic (exact) mass is 275 g/mol. The van der Waals surface area contributed by atoms with E-state index >= 15 is 0 Å². The molecule has 20 heavy (non-hydrogen) atoms. The highest BCUT2D eigenvalue weighted by Gasteiger charge is 2.15. The summed E-state index contributed by atoms with van der Waals surface area (Å²) in [6.07, 6.45) is 1.75. The van der Waals surface area contributed by atoms with Crippen LogP contribution in [0.1, 0.15) is 41.9 Å². The normalized spacial score (nSPS) is 11.1. The summed E-state index contributed by atoms with van der Waals surface area (Å²) in [5.74, 6) is -0.203. The molecule has 2 rings (SSSR count). The lowest BCUT2D eigenvalue weighted by Crippen LogP contribution is -2.09. The quantitative estimate of drug-likeness (QED) is 0.911. The first-order valence-corrected chi connectivity index (χ1v) is 7.13. The molecule has 0 aliphatic carbocycles. The Morgan fingerprint density at radius 2 is 2.00 bits per heavy atom. The molecule has 1 heterocycles. The van der Waals surface area contributed by atoms with Gasteiger partial charge in [0.25, 0.3) is 0 Å². The van der Waals surface area contributed by atoms with Crippen LogP contribution >= 0.6 is 0 Å². The molecule has 0 unspecified atom stereocenters. The van der Waals surface area contributed by atoms with Crippen LogP contribution in [0, 0.1) is 12.7 Å². The SMILES string of the molecule is CCc1nn(Cc2cc(F)ccc2C)c(CC)c1CN. The fourth-order valence-corrected chi connectivity index (χ4v) is 2.61. The van der Waals surface area contributed by atoms with E-state index in [1.54, 1.807) is 6.07 Å². The largest absolute Gasteiger partial charge is 0.326 e. The summed E-state index contributed by atoms with van der Waals surface area (Å²) < 4.78 is 15.4. The fraction of sp³-hybridized carbons (Fsp3) is 0.438. The van der Waals surface area contributed by atoms with Crippen molar-refractivity contribution >= 4 is 0 Å². The van der Waals surface area contributed by atoms with E-state index in [0.717, 1.165) is 40.9 Å². The molecule has 0 amide bonds. The fourth-order valence-electron chi connectivity index (χ4n) is 2.61. The molecule has 1 aromatic carbocycles. The molecule has 0 saturated carbocycles. The average Bonchev–Trinajstić information content (AvgIpc) is 2.79. The minimum atomic E-state index is -0.203. The molecule has 3 nitrogen and oxygen atoms in total. The van der Waals surface area contributed by atoms with Gasteiger partial charge in [-0.3, -0.25) is 4.68 Å². The minimum Gasteiger partial charge on any atom is -0.326 e. The molecule has 0 saturated heterocycles. The Morgan fingerprint density at radius 3 is 2.60 bits per heavy atom. The van der Waals surface area contributed by atoms with Gasteiger partial charge in [-0.1, -0.05) is 19.9 Å². The summed E-state index contributed by atoms with van der Waals surface area (Å²) in [6.45, 7) is 7.28. The zero-order valence-corrected chi connectivity index (χ0v) is 12.4. The van der Waals surface area contributed by atoms with Crippen LogP contribution in [-0.2, 0) is 25.9 Å². The van der Waals surface area contributed by atoms with E-state index in [-0.39, 0.29) is 5.82 Å². The summed E-state index contributed by atoms with van der Waals surface area (Å²) in [6, 6.07) is 4.89. The Bertz CT molecular complexity index is 602. The van der Waals surface area contributed by atoms with Crippen LogP contribution in [0.3, 0.4) is 0 Å². The third kappa shape index (κ3) is 2.75. The summed E-state index contributed by atoms with van der Waals surface area (Å²) >= 11 is 0. The number of halogens is 1. The molecule has 0 spiro atoms. The molecule has 0 fully saturated rings. The minimum absolute atomic E-state index is 0.203. The first-order chi connectivity index (χ1) is 9.60. The van der Waals surface area contributed by atoms with Gasteiger partial charge in [0.15, 0.2) is 0 Å². The topological polar surface area (TPSA) is 43.8 Å². The number of aromatic nitrogens is 2. The average molecular weight is 275 g/mol. The lowest BCUT2D eigenvalue weighted by molar-refractivity contribution is 0.609. The smallest absolute Gasteiger partial charge is 0.123 e. The molecule has 1 aromatic heterocycles. The maximum atomic E-state index is 13.4. The number of aryl methyl sites for hydroxylation is 2. The summed E-state index contributed by atoms with van der Waals surface area (Å²) in [4.78, 5) is 0. The van der Waals surface area contributed by atoms with Crippen molar-refractivity contribution in [1.82, 2.24) is 9.78 Å². The van der Waals surface area contributed by atoms with Gasteiger partial charge < -0.3 is 5.73 Å². The van der Waals surface area contributed by atoms with Gasteiger partial charge in [-0.05, 0) is 43.0 Å². The van der Waals surface area contributed by atoms with Crippen molar-refractivity contribution in [2.75, 3.05) is 0 Å². The molecular formula is C16H22FN3. The van der Waals surface area contributed by atoms with E-state index in [9.17, 15) is 4.39 Å². The number of nitrogens with zero attached hydrogens (tertiary/aromatic N) is 2. The Balaban J connectivity index is 2.42. The van der Waals surface area contributed by atoms with Crippen LogP contribution in [0.5, 0.6) is 0 Å². The van der Waals surface area contributed by atoms with Crippen molar-refractivity contribution in [2.45, 2.75) is 46.7 Å². The van der Waals surface area contributed by atoms with Gasteiger partial charge in [-0.15, -0.1) is 0 Å². The van der Waals surface area contributed by atoms with Crippen molar-refractivity contribution < 1.29 is 4.39 Å². The van der Waals surface area contributed by atoms with Crippen molar-refractivity contribution in [2.24, 2.45) is 5.73 Å². The molecule has 0 aliphatic heterocycles. The van der Waals surface area contributed by atoms with Crippen molar-refractivity contribution in [3.63, 3.8) is 0 Å². The van der Waals surface area contributed by atoms with E-state index in [4.69, 9.17) is 5.73 Å². The highest BCUT2D eigenvalue weighted by Crippen LogP contribution is 2.19. The van der Waals surface area contributed by atoms with Crippen LogP contribution in [0.25, 0.3) is 0 Å². The second-order valence-corrected chi connectivity index (χ2v) is 5.01. The van der Waals surface area contributed by atoms with Crippen LogP contribution in [0.2, 0.25) is 0 Å². The van der Waals surface area contributed by atoms with Crippen molar-refractivity contribution in [3.8, 4) is 0 Å². The van der Waals surface area contributed by atoms with E-state index in [2.05, 4.69) is 18.9 Å². The highest BCUT2D eigenvalue weighted by molar-refractivity contribution is 5.30. The van der Waals surface area contributed by atoms with Crippen LogP contribution in [0.4, 0.5) is 4.39 Å². The number of benzene rings is 1. The predicted molar refractivity (Wildman–Crippen MR) is 79.1 cm³/mol. The number of rotatable bonds is 5. The highest BCUT2D eigenvalue weighted by atomic mass is 19.1. The van der Waals surface area contributed by atoms with E-state index in [0.29, 0.717) is 13.1 Å². The van der Waals surface area contributed by atoms with Gasteiger partial charge in [0, 0.05) is 17.8 Å². The maximum Gasteiger partial charge on any atom is 0.123 e. The van der Waals surface area contributed by atoms with Crippen molar-refractivity contribution in [3.05, 3.63) is 52.1 Å². The van der Waals surface area contributed by atoms with E-state index in [1.807, 2.05) is 17.7 Å². The Labute approximate surface area is 119 Å². The zero-order valence-electron chi connectivity index (χ0n) is 12.4. The molecule has 2 aromatic rings. The molecule has 0 radical (unpaired) electrons. The van der Waals surface area contributed by atoms with Crippen LogP contribution < -0.4 is 5.73 Å². The molecule has 0 atom stereocenters. The summed E-state index contributed by atoms with van der Waals surface area (Å²) in [5.41, 5.74) is 11.3. The third-order valence-electron chi connectivity index (χ3n) is 3.75. The first kappa shape index (κ1) is 14.7. The van der Waals surface area contributed by atoms with Gasteiger partial charge in [-0.25, -0.2) is 4.39 Å². The second-order valence-electron chi connectivity index (χ2n) is 5.01. The maximum absolute atomic E-state index is 13.4. The van der Waals surface area contributed by atoms with Crippen LogP contribution in [-0.4, -0.2) is 9.78 Å².